The predicted octanol–water partition coefficient (Wildman–Crippen LogP) is 4.93. The van der Waals surface area contributed by atoms with Crippen LogP contribution in [-0.4, -0.2) is 29.3 Å². The highest BCUT2D eigenvalue weighted by atomic mass is 16.6. The third kappa shape index (κ3) is 3.32. The Morgan fingerprint density at radius 1 is 1.06 bits per heavy atom. The van der Waals surface area contributed by atoms with Gasteiger partial charge in [-0.2, -0.15) is 0 Å². The van der Waals surface area contributed by atoms with Crippen LogP contribution >= 0.6 is 0 Å². The van der Waals surface area contributed by atoms with Gasteiger partial charge in [-0.05, 0) is 67.4 Å². The molecular formula is C25H33N3O4. The van der Waals surface area contributed by atoms with Crippen molar-refractivity contribution in [2.45, 2.75) is 72.3 Å². The topological polar surface area (TPSA) is 83.8 Å². The lowest BCUT2D eigenvalue weighted by Gasteiger charge is -2.39. The molecule has 2 heterocycles. The molecule has 4 fully saturated rings. The summed E-state index contributed by atoms with van der Waals surface area (Å²) in [6.07, 6.45) is 5.54. The summed E-state index contributed by atoms with van der Waals surface area (Å²) in [5.41, 5.74) is 1.29. The van der Waals surface area contributed by atoms with E-state index in [-0.39, 0.29) is 51.1 Å². The van der Waals surface area contributed by atoms with E-state index in [0.29, 0.717) is 17.3 Å². The van der Waals surface area contributed by atoms with Crippen LogP contribution in [0.25, 0.3) is 0 Å². The summed E-state index contributed by atoms with van der Waals surface area (Å²) in [4.78, 5) is 41.3. The van der Waals surface area contributed by atoms with E-state index in [4.69, 9.17) is 0 Å². The number of hydrogen-bond acceptors (Lipinski definition) is 5. The molecule has 0 N–H and O–H groups in total. The lowest BCUT2D eigenvalue weighted by atomic mass is 9.65. The molecule has 7 heteroatoms. The molecule has 0 aromatic heterocycles. The SMILES string of the molecule is C[C@@H]1CC[C@@H]2C(=O)N(c3ccc(N4C[C@@]5(C)C[C@H]4CC(C)(C)C5)c([N+](=O)[O-])c3)C(=O)[C@@H]2C1. The second-order valence-electron chi connectivity index (χ2n) is 11.9. The summed E-state index contributed by atoms with van der Waals surface area (Å²) in [5.74, 6) is -0.535. The molecule has 5 rings (SSSR count). The number of rotatable bonds is 3. The maximum atomic E-state index is 13.1. The van der Waals surface area contributed by atoms with Crippen molar-refractivity contribution in [3.63, 3.8) is 0 Å². The molecule has 2 aliphatic carbocycles. The van der Waals surface area contributed by atoms with Gasteiger partial charge in [0.2, 0.25) is 11.8 Å². The van der Waals surface area contributed by atoms with Crippen molar-refractivity contribution >= 4 is 28.9 Å². The standard InChI is InChI=1S/C25H33N3O4/c1-15-5-7-18-19(9-15)23(30)27(22(18)29)16-6-8-20(21(10-16)28(31)32)26-14-25(4)12-17(26)11-24(2,3)13-25/h6,8,10,15,17-19H,5,7,9,11-14H2,1-4H3/t15-,17-,18+,19-,25+/m1/s1. The first kappa shape index (κ1) is 21.4. The maximum absolute atomic E-state index is 13.1. The van der Waals surface area contributed by atoms with E-state index in [1.54, 1.807) is 12.1 Å². The third-order valence-corrected chi connectivity index (χ3v) is 8.33. The van der Waals surface area contributed by atoms with Gasteiger partial charge in [-0.1, -0.05) is 27.7 Å². The molecule has 0 radical (unpaired) electrons. The monoisotopic (exact) mass is 439 g/mol. The fraction of sp³-hybridized carbons (Fsp3) is 0.680. The summed E-state index contributed by atoms with van der Waals surface area (Å²) < 4.78 is 0. The van der Waals surface area contributed by atoms with Gasteiger partial charge in [-0.3, -0.25) is 19.7 Å². The van der Waals surface area contributed by atoms with Crippen LogP contribution in [0.5, 0.6) is 0 Å². The molecule has 0 unspecified atom stereocenters. The second-order valence-corrected chi connectivity index (χ2v) is 11.9. The van der Waals surface area contributed by atoms with Crippen molar-refractivity contribution < 1.29 is 14.5 Å². The summed E-state index contributed by atoms with van der Waals surface area (Å²) in [6.45, 7) is 9.76. The summed E-state index contributed by atoms with van der Waals surface area (Å²) >= 11 is 0. The van der Waals surface area contributed by atoms with E-state index in [2.05, 4.69) is 32.6 Å². The zero-order valence-corrected chi connectivity index (χ0v) is 19.5. The molecule has 2 amide bonds. The molecule has 0 spiro atoms. The molecule has 7 nitrogen and oxygen atoms in total. The number of nitro benzene ring substituents is 1. The Morgan fingerprint density at radius 3 is 2.50 bits per heavy atom. The van der Waals surface area contributed by atoms with Crippen molar-refractivity contribution in [3.8, 4) is 0 Å². The van der Waals surface area contributed by atoms with Gasteiger partial charge >= 0.3 is 0 Å². The number of carbonyl (C=O) groups excluding carboxylic acids is 2. The highest BCUT2D eigenvalue weighted by Crippen LogP contribution is 2.54. The normalized spacial score (nSPS) is 35.9. The number of hydrogen-bond donors (Lipinski definition) is 0. The van der Waals surface area contributed by atoms with Crippen LogP contribution in [-0.2, 0) is 9.59 Å². The number of nitro groups is 1. The highest BCUT2D eigenvalue weighted by molar-refractivity contribution is 6.22. The van der Waals surface area contributed by atoms with E-state index in [0.717, 1.165) is 45.1 Å². The summed E-state index contributed by atoms with van der Waals surface area (Å²) in [6, 6.07) is 5.21. The first-order valence-electron chi connectivity index (χ1n) is 11.9. The minimum atomic E-state index is -0.366. The molecule has 2 aliphatic heterocycles. The van der Waals surface area contributed by atoms with Crippen molar-refractivity contribution in [2.75, 3.05) is 16.3 Å². The lowest BCUT2D eigenvalue weighted by Crippen LogP contribution is -2.35. The zero-order chi connectivity index (χ0) is 23.0. The van der Waals surface area contributed by atoms with Crippen LogP contribution in [0.1, 0.15) is 66.2 Å². The van der Waals surface area contributed by atoms with Crippen molar-refractivity contribution in [1.82, 2.24) is 0 Å². The number of nitrogens with zero attached hydrogens (tertiary/aromatic N) is 3. The van der Waals surface area contributed by atoms with E-state index < -0.39 is 0 Å². The fourth-order valence-electron chi connectivity index (χ4n) is 7.43. The van der Waals surface area contributed by atoms with Gasteiger partial charge in [0.25, 0.3) is 5.69 Å². The lowest BCUT2D eigenvalue weighted by molar-refractivity contribution is -0.384. The van der Waals surface area contributed by atoms with Crippen LogP contribution in [0.15, 0.2) is 18.2 Å². The molecule has 5 atom stereocenters. The number of anilines is 2. The number of imide groups is 1. The van der Waals surface area contributed by atoms with E-state index in [9.17, 15) is 19.7 Å². The third-order valence-electron chi connectivity index (χ3n) is 8.33. The van der Waals surface area contributed by atoms with Crippen LogP contribution < -0.4 is 9.80 Å². The van der Waals surface area contributed by atoms with E-state index >= 15 is 0 Å². The van der Waals surface area contributed by atoms with E-state index in [1.165, 1.54) is 11.0 Å². The summed E-state index contributed by atoms with van der Waals surface area (Å²) in [5, 5.41) is 12.1. The quantitative estimate of drug-likeness (QED) is 0.379. The first-order valence-corrected chi connectivity index (χ1v) is 11.9. The van der Waals surface area contributed by atoms with Crippen LogP contribution in [0, 0.1) is 38.7 Å². The fourth-order valence-corrected chi connectivity index (χ4v) is 7.43. The molecule has 1 aromatic rings. The Hall–Kier alpha value is -2.44. The minimum absolute atomic E-state index is 0.0136. The Bertz CT molecular complexity index is 1000. The predicted molar refractivity (Wildman–Crippen MR) is 122 cm³/mol. The molecule has 172 valence electrons. The molecular weight excluding hydrogens is 406 g/mol. The average Bonchev–Trinajstić information content (AvgIpc) is 3.09. The maximum Gasteiger partial charge on any atom is 0.294 e. The molecule has 32 heavy (non-hydrogen) atoms. The van der Waals surface area contributed by atoms with Crippen LogP contribution in [0.4, 0.5) is 17.1 Å². The van der Waals surface area contributed by atoms with Crippen LogP contribution in [0.2, 0.25) is 0 Å². The number of benzene rings is 1. The van der Waals surface area contributed by atoms with E-state index in [1.807, 2.05) is 0 Å². The van der Waals surface area contributed by atoms with Crippen molar-refractivity contribution in [3.05, 3.63) is 28.3 Å². The molecule has 2 bridgehead atoms. The zero-order valence-electron chi connectivity index (χ0n) is 19.5. The smallest absolute Gasteiger partial charge is 0.294 e. The Kier molecular flexibility index (Phi) is 4.70. The number of amides is 2. The van der Waals surface area contributed by atoms with Gasteiger partial charge in [-0.25, -0.2) is 4.90 Å². The van der Waals surface area contributed by atoms with Gasteiger partial charge in [0.05, 0.1) is 22.4 Å². The molecule has 2 saturated carbocycles. The second kappa shape index (κ2) is 7.03. The van der Waals surface area contributed by atoms with Crippen LogP contribution in [0.3, 0.4) is 0 Å². The Morgan fingerprint density at radius 2 is 1.78 bits per heavy atom. The van der Waals surface area contributed by atoms with Gasteiger partial charge in [0.15, 0.2) is 0 Å². The van der Waals surface area contributed by atoms with Gasteiger partial charge < -0.3 is 4.90 Å². The summed E-state index contributed by atoms with van der Waals surface area (Å²) in [7, 11) is 0. The van der Waals surface area contributed by atoms with Gasteiger partial charge in [0, 0.05) is 18.7 Å². The Labute approximate surface area is 189 Å². The number of fused-ring (bicyclic) bond motifs is 3. The Balaban J connectivity index is 1.49. The average molecular weight is 440 g/mol. The van der Waals surface area contributed by atoms with Gasteiger partial charge in [0.1, 0.15) is 5.69 Å². The van der Waals surface area contributed by atoms with Crippen molar-refractivity contribution in [1.29, 1.82) is 0 Å². The minimum Gasteiger partial charge on any atom is -0.362 e. The van der Waals surface area contributed by atoms with Gasteiger partial charge in [-0.15, -0.1) is 0 Å². The largest absolute Gasteiger partial charge is 0.362 e. The first-order chi connectivity index (χ1) is 15.0. The molecule has 1 aromatic carbocycles. The molecule has 4 aliphatic rings. The number of carbonyl (C=O) groups is 2. The van der Waals surface area contributed by atoms with Crippen molar-refractivity contribution in [2.24, 2.45) is 28.6 Å². The molecule has 2 saturated heterocycles. The highest BCUT2D eigenvalue weighted by Gasteiger charge is 2.52.